The molecule has 1 spiro atoms. The average molecular weight is 527 g/mol. The van der Waals surface area contributed by atoms with Crippen molar-refractivity contribution in [2.45, 2.75) is 49.9 Å². The van der Waals surface area contributed by atoms with E-state index in [4.69, 9.17) is 15.2 Å². The summed E-state index contributed by atoms with van der Waals surface area (Å²) in [6, 6.07) is 4.76. The van der Waals surface area contributed by atoms with Crippen LogP contribution < -0.4 is 20.3 Å². The van der Waals surface area contributed by atoms with Crippen molar-refractivity contribution < 1.29 is 36.2 Å². The van der Waals surface area contributed by atoms with Crippen molar-refractivity contribution in [3.8, 4) is 5.88 Å². The lowest BCUT2D eigenvalue weighted by Gasteiger charge is -2.51. The molecule has 3 aliphatic rings. The number of amides is 1. The van der Waals surface area contributed by atoms with Crippen LogP contribution in [0.1, 0.15) is 32.1 Å². The van der Waals surface area contributed by atoms with Crippen LogP contribution in [0.5, 0.6) is 5.88 Å². The maximum absolute atomic E-state index is 14.0. The largest absolute Gasteiger partial charge is 0.464 e. The molecule has 0 saturated carbocycles. The molecule has 3 fully saturated rings. The molecule has 0 radical (unpaired) electrons. The van der Waals surface area contributed by atoms with Gasteiger partial charge in [-0.3, -0.25) is 4.79 Å². The van der Waals surface area contributed by atoms with Crippen molar-refractivity contribution in [2.24, 2.45) is 5.92 Å². The highest BCUT2D eigenvalue weighted by atomic mass is 19.4. The van der Waals surface area contributed by atoms with Crippen LogP contribution in [0.2, 0.25) is 0 Å². The first-order chi connectivity index (χ1) is 17.6. The van der Waals surface area contributed by atoms with E-state index in [1.807, 2.05) is 4.90 Å². The molecule has 5 rings (SSSR count). The minimum absolute atomic E-state index is 0.0566. The number of anilines is 3. The number of ether oxygens (including phenoxy) is 2. The maximum atomic E-state index is 14.0. The van der Waals surface area contributed by atoms with Crippen LogP contribution in [0.3, 0.4) is 0 Å². The van der Waals surface area contributed by atoms with E-state index >= 15 is 0 Å². The molecule has 8 nitrogen and oxygen atoms in total. The van der Waals surface area contributed by atoms with Crippen LogP contribution >= 0.6 is 0 Å². The molecule has 2 N–H and O–H groups in total. The van der Waals surface area contributed by atoms with Crippen LogP contribution in [0.25, 0.3) is 0 Å². The summed E-state index contributed by atoms with van der Waals surface area (Å²) in [6.45, 7) is 0.697. The highest BCUT2D eigenvalue weighted by molar-refractivity contribution is 5.95. The first-order valence-electron chi connectivity index (χ1n) is 12.0. The zero-order valence-corrected chi connectivity index (χ0v) is 19.8. The van der Waals surface area contributed by atoms with Crippen molar-refractivity contribution in [2.75, 3.05) is 41.8 Å². The molecule has 200 valence electrons. The Morgan fingerprint density at radius 1 is 1.08 bits per heavy atom. The van der Waals surface area contributed by atoms with Gasteiger partial charge in [0.25, 0.3) is 0 Å². The molecule has 1 aromatic heterocycles. The van der Waals surface area contributed by atoms with Gasteiger partial charge in [-0.1, -0.05) is 0 Å². The van der Waals surface area contributed by atoms with Crippen molar-refractivity contribution in [1.82, 2.24) is 9.97 Å². The maximum Gasteiger partial charge on any atom is 0.425 e. The summed E-state index contributed by atoms with van der Waals surface area (Å²) < 4.78 is 78.3. The quantitative estimate of drug-likeness (QED) is 0.591. The second kappa shape index (κ2) is 9.58. The smallest absolute Gasteiger partial charge is 0.425 e. The molecule has 0 bridgehead atoms. The third-order valence-electron chi connectivity index (χ3n) is 7.30. The Bertz CT molecular complexity index is 1170. The number of benzene rings is 1. The lowest BCUT2D eigenvalue weighted by atomic mass is 9.78. The Balaban J connectivity index is 1.35. The van der Waals surface area contributed by atoms with Crippen molar-refractivity contribution >= 4 is 23.4 Å². The zero-order chi connectivity index (χ0) is 26.4. The van der Waals surface area contributed by atoms with Gasteiger partial charge in [0.2, 0.25) is 23.8 Å². The van der Waals surface area contributed by atoms with Gasteiger partial charge in [0.15, 0.2) is 11.6 Å². The topological polar surface area (TPSA) is 93.8 Å². The first kappa shape index (κ1) is 25.4. The Kier molecular flexibility index (Phi) is 6.59. The molecule has 13 heteroatoms. The third kappa shape index (κ3) is 5.00. The Labute approximate surface area is 209 Å². The number of nitrogens with two attached hydrogens (primary N) is 1. The molecule has 3 aliphatic heterocycles. The van der Waals surface area contributed by atoms with Gasteiger partial charge in [-0.05, 0) is 37.8 Å². The van der Waals surface area contributed by atoms with E-state index in [-0.39, 0.29) is 30.9 Å². The Morgan fingerprint density at radius 3 is 2.43 bits per heavy atom. The van der Waals surface area contributed by atoms with E-state index in [1.165, 1.54) is 12.1 Å². The second-order valence-corrected chi connectivity index (χ2v) is 9.69. The fraction of sp³-hybridized carbons (Fsp3) is 0.542. The van der Waals surface area contributed by atoms with Gasteiger partial charge in [0.05, 0.1) is 24.7 Å². The molecule has 4 heterocycles. The average Bonchev–Trinajstić information content (AvgIpc) is 2.79. The molecule has 0 aliphatic carbocycles. The van der Waals surface area contributed by atoms with Gasteiger partial charge in [-0.15, -0.1) is 0 Å². The third-order valence-corrected chi connectivity index (χ3v) is 7.30. The molecular weight excluding hydrogens is 501 g/mol. The lowest BCUT2D eigenvalue weighted by molar-refractivity contribution is -0.239. The van der Waals surface area contributed by atoms with E-state index in [0.717, 1.165) is 12.1 Å². The van der Waals surface area contributed by atoms with Gasteiger partial charge in [-0.2, -0.15) is 23.1 Å². The van der Waals surface area contributed by atoms with Crippen molar-refractivity contribution in [3.05, 3.63) is 35.9 Å². The van der Waals surface area contributed by atoms with Gasteiger partial charge in [0.1, 0.15) is 5.82 Å². The monoisotopic (exact) mass is 527 g/mol. The van der Waals surface area contributed by atoms with E-state index in [1.54, 1.807) is 4.90 Å². The van der Waals surface area contributed by atoms with Crippen LogP contribution in [0.15, 0.2) is 24.3 Å². The fourth-order valence-corrected chi connectivity index (χ4v) is 5.37. The first-order valence-corrected chi connectivity index (χ1v) is 12.0. The number of carbonyl (C=O) groups is 1. The number of rotatable bonds is 5. The minimum atomic E-state index is -4.61. The van der Waals surface area contributed by atoms with Crippen LogP contribution in [0.4, 0.5) is 39.4 Å². The number of aromatic nitrogens is 2. The van der Waals surface area contributed by atoms with E-state index < -0.39 is 35.4 Å². The predicted molar refractivity (Wildman–Crippen MR) is 123 cm³/mol. The Hall–Kier alpha value is -3.22. The lowest BCUT2D eigenvalue weighted by Crippen LogP contribution is -2.60. The minimum Gasteiger partial charge on any atom is -0.464 e. The summed E-state index contributed by atoms with van der Waals surface area (Å²) in [5, 5.41) is 0. The fourth-order valence-electron chi connectivity index (χ4n) is 5.37. The number of piperidine rings is 2. The van der Waals surface area contributed by atoms with Gasteiger partial charge >= 0.3 is 6.18 Å². The van der Waals surface area contributed by atoms with Crippen molar-refractivity contribution in [1.29, 1.82) is 0 Å². The van der Waals surface area contributed by atoms with Gasteiger partial charge in [-0.25, -0.2) is 8.78 Å². The Morgan fingerprint density at radius 2 is 1.81 bits per heavy atom. The highest BCUT2D eigenvalue weighted by Gasteiger charge is 2.50. The molecule has 37 heavy (non-hydrogen) atoms. The van der Waals surface area contributed by atoms with Gasteiger partial charge in [0, 0.05) is 37.3 Å². The van der Waals surface area contributed by atoms with Crippen LogP contribution in [-0.2, 0) is 9.53 Å². The van der Waals surface area contributed by atoms with Crippen LogP contribution in [-0.4, -0.2) is 60.0 Å². The SMILES string of the molecule is Nc1nc(OC(C2COC2)C(F)(F)F)cc(N2CCC3(CCCC(=O)N3c3ccc(F)c(F)c3)CC2)n1. The van der Waals surface area contributed by atoms with Crippen LogP contribution in [0, 0.1) is 17.6 Å². The molecule has 1 atom stereocenters. The standard InChI is InChI=1S/C24H26F5N5O3/c25-16-4-3-15(10-17(16)26)34-20(35)2-1-5-23(34)6-8-33(9-7-23)18-11-19(32-22(30)31-18)37-21(24(27,28)29)14-12-36-13-14/h3-4,10-11,14,21H,1-2,5-9,12-13H2,(H2,30,31,32). The summed E-state index contributed by atoms with van der Waals surface area (Å²) in [5.74, 6) is -3.22. The molecule has 1 aromatic carbocycles. The molecule has 2 aromatic rings. The number of nitrogen functional groups attached to an aromatic ring is 1. The number of alkyl halides is 3. The molecular formula is C24H26F5N5O3. The van der Waals surface area contributed by atoms with E-state index in [0.29, 0.717) is 56.7 Å². The summed E-state index contributed by atoms with van der Waals surface area (Å²) in [4.78, 5) is 24.4. The van der Waals surface area contributed by atoms with Crippen molar-refractivity contribution in [3.63, 3.8) is 0 Å². The normalized spacial score (nSPS) is 21.2. The van der Waals surface area contributed by atoms with E-state index in [9.17, 15) is 26.7 Å². The van der Waals surface area contributed by atoms with E-state index in [2.05, 4.69) is 9.97 Å². The number of hydrogen-bond acceptors (Lipinski definition) is 7. The number of halogens is 5. The summed E-state index contributed by atoms with van der Waals surface area (Å²) in [5.41, 5.74) is 5.50. The predicted octanol–water partition coefficient (Wildman–Crippen LogP) is 3.85. The molecule has 1 unspecified atom stereocenters. The number of carbonyl (C=O) groups excluding carboxylic acids is 1. The van der Waals surface area contributed by atoms with Gasteiger partial charge < -0.3 is 25.0 Å². The summed E-state index contributed by atoms with van der Waals surface area (Å²) >= 11 is 0. The summed E-state index contributed by atoms with van der Waals surface area (Å²) in [7, 11) is 0. The number of hydrogen-bond donors (Lipinski definition) is 1. The summed E-state index contributed by atoms with van der Waals surface area (Å²) in [6.07, 6.45) is -4.05. The zero-order valence-electron chi connectivity index (χ0n) is 19.8. The molecule has 1 amide bonds. The second-order valence-electron chi connectivity index (χ2n) is 9.69. The highest BCUT2D eigenvalue weighted by Crippen LogP contribution is 2.42. The molecule has 3 saturated heterocycles. The number of nitrogens with zero attached hydrogens (tertiary/aromatic N) is 4.